The summed E-state index contributed by atoms with van der Waals surface area (Å²) in [5.41, 5.74) is 1.43. The van der Waals surface area contributed by atoms with Gasteiger partial charge in [-0.05, 0) is 37.1 Å². The Morgan fingerprint density at radius 2 is 1.66 bits per heavy atom. The van der Waals surface area contributed by atoms with Crippen LogP contribution >= 0.6 is 0 Å². The molecule has 32 heavy (non-hydrogen) atoms. The van der Waals surface area contributed by atoms with Crippen LogP contribution in [0, 0.1) is 5.92 Å². The van der Waals surface area contributed by atoms with Crippen LogP contribution in [0.4, 0.5) is 11.5 Å². The van der Waals surface area contributed by atoms with Crippen molar-refractivity contribution in [3.63, 3.8) is 0 Å². The van der Waals surface area contributed by atoms with Crippen LogP contribution in [0.2, 0.25) is 0 Å². The van der Waals surface area contributed by atoms with Crippen LogP contribution in [0.1, 0.15) is 33.7 Å². The summed E-state index contributed by atoms with van der Waals surface area (Å²) in [6.07, 6.45) is 3.25. The van der Waals surface area contributed by atoms with Gasteiger partial charge in [-0.15, -0.1) is 0 Å². The molecule has 10 heteroatoms. The zero-order valence-corrected chi connectivity index (χ0v) is 17.7. The predicted molar refractivity (Wildman–Crippen MR) is 118 cm³/mol. The fraction of sp³-hybridized carbons (Fsp3) is 0.409. The molecule has 2 aliphatic rings. The Kier molecular flexibility index (Phi) is 6.90. The number of carbonyl (C=O) groups is 3. The number of ether oxygens (including phenoxy) is 1. The van der Waals surface area contributed by atoms with E-state index in [4.69, 9.17) is 4.74 Å². The third kappa shape index (κ3) is 5.79. The van der Waals surface area contributed by atoms with Crippen LogP contribution in [-0.4, -0.2) is 67.1 Å². The van der Waals surface area contributed by atoms with Crippen LogP contribution in [0.15, 0.2) is 36.7 Å². The lowest BCUT2D eigenvalue weighted by atomic mass is 10.2. The summed E-state index contributed by atoms with van der Waals surface area (Å²) in [5, 5.41) is 8.35. The van der Waals surface area contributed by atoms with Crippen molar-refractivity contribution in [1.29, 1.82) is 0 Å². The van der Waals surface area contributed by atoms with Crippen molar-refractivity contribution in [2.24, 2.45) is 5.92 Å². The van der Waals surface area contributed by atoms with Gasteiger partial charge in [0.05, 0.1) is 13.2 Å². The standard InChI is InChI=1S/C22H26N6O4/c29-20(15-3-5-17(6-4-15)27-21(30)16-1-2-16)23-7-8-24-22(31)18-13-19(26-14-25-18)28-9-11-32-12-10-28/h3-6,13-14,16H,1-2,7-12H2,(H,23,29)(H,24,31)(H,27,30). The number of anilines is 2. The second-order valence-corrected chi connectivity index (χ2v) is 7.71. The minimum absolute atomic E-state index is 0.0266. The van der Waals surface area contributed by atoms with E-state index in [-0.39, 0.29) is 42.4 Å². The van der Waals surface area contributed by atoms with Gasteiger partial charge in [-0.2, -0.15) is 0 Å². The second kappa shape index (κ2) is 10.2. The Morgan fingerprint density at radius 1 is 0.969 bits per heavy atom. The molecule has 3 N–H and O–H groups in total. The number of aromatic nitrogens is 2. The Hall–Kier alpha value is -3.53. The number of hydrogen-bond donors (Lipinski definition) is 3. The van der Waals surface area contributed by atoms with Crippen molar-refractivity contribution in [3.05, 3.63) is 47.9 Å². The predicted octanol–water partition coefficient (Wildman–Crippen LogP) is 0.822. The Labute approximate surface area is 185 Å². The lowest BCUT2D eigenvalue weighted by molar-refractivity contribution is -0.117. The molecule has 2 fully saturated rings. The van der Waals surface area contributed by atoms with Gasteiger partial charge in [-0.1, -0.05) is 0 Å². The molecule has 4 rings (SSSR count). The first-order valence-corrected chi connectivity index (χ1v) is 10.7. The topological polar surface area (TPSA) is 126 Å². The maximum absolute atomic E-state index is 12.4. The summed E-state index contributed by atoms with van der Waals surface area (Å²) in [7, 11) is 0. The molecule has 2 aromatic rings. The highest BCUT2D eigenvalue weighted by molar-refractivity contribution is 5.97. The molecule has 10 nitrogen and oxygen atoms in total. The van der Waals surface area contributed by atoms with Gasteiger partial charge in [0.25, 0.3) is 11.8 Å². The molecule has 0 radical (unpaired) electrons. The first kappa shape index (κ1) is 21.7. The molecular formula is C22H26N6O4. The van der Waals surface area contributed by atoms with Crippen LogP contribution in [0.5, 0.6) is 0 Å². The number of hydrogen-bond acceptors (Lipinski definition) is 7. The van der Waals surface area contributed by atoms with Crippen molar-refractivity contribution in [2.45, 2.75) is 12.8 Å². The first-order valence-electron chi connectivity index (χ1n) is 10.7. The van der Waals surface area contributed by atoms with Gasteiger partial charge >= 0.3 is 0 Å². The third-order valence-electron chi connectivity index (χ3n) is 5.28. The lowest BCUT2D eigenvalue weighted by Gasteiger charge is -2.27. The molecule has 1 aromatic heterocycles. The maximum atomic E-state index is 12.4. The van der Waals surface area contributed by atoms with Crippen LogP contribution in [0.25, 0.3) is 0 Å². The number of amides is 3. The number of nitrogens with zero attached hydrogens (tertiary/aromatic N) is 3. The van der Waals surface area contributed by atoms with E-state index >= 15 is 0 Å². The lowest BCUT2D eigenvalue weighted by Crippen LogP contribution is -2.37. The summed E-state index contributed by atoms with van der Waals surface area (Å²) >= 11 is 0. The van der Waals surface area contributed by atoms with Crippen molar-refractivity contribution >= 4 is 29.2 Å². The number of benzene rings is 1. The maximum Gasteiger partial charge on any atom is 0.270 e. The molecule has 0 unspecified atom stereocenters. The Morgan fingerprint density at radius 3 is 2.34 bits per heavy atom. The highest BCUT2D eigenvalue weighted by Gasteiger charge is 2.29. The van der Waals surface area contributed by atoms with Gasteiger partial charge in [0.1, 0.15) is 17.8 Å². The molecule has 1 saturated heterocycles. The van der Waals surface area contributed by atoms with Gasteiger partial charge in [0, 0.05) is 49.4 Å². The van der Waals surface area contributed by atoms with Gasteiger partial charge in [-0.3, -0.25) is 14.4 Å². The van der Waals surface area contributed by atoms with Crippen LogP contribution in [-0.2, 0) is 9.53 Å². The molecule has 1 saturated carbocycles. The average Bonchev–Trinajstić information content (AvgIpc) is 3.68. The van der Waals surface area contributed by atoms with Crippen molar-refractivity contribution in [1.82, 2.24) is 20.6 Å². The monoisotopic (exact) mass is 438 g/mol. The van der Waals surface area contributed by atoms with Gasteiger partial charge < -0.3 is 25.6 Å². The van der Waals surface area contributed by atoms with E-state index in [0.717, 1.165) is 25.9 Å². The molecule has 3 amide bonds. The van der Waals surface area contributed by atoms with Crippen molar-refractivity contribution < 1.29 is 19.1 Å². The van der Waals surface area contributed by atoms with E-state index < -0.39 is 0 Å². The Balaban J connectivity index is 1.20. The molecular weight excluding hydrogens is 412 g/mol. The molecule has 1 aliphatic heterocycles. The molecule has 0 spiro atoms. The SMILES string of the molecule is O=C(NCCNC(=O)c1cc(N2CCOCC2)ncn1)c1ccc(NC(=O)C2CC2)cc1. The van der Waals surface area contributed by atoms with Gasteiger partial charge in [0.15, 0.2) is 0 Å². The number of nitrogens with one attached hydrogen (secondary N) is 3. The van der Waals surface area contributed by atoms with E-state index in [2.05, 4.69) is 25.9 Å². The quantitative estimate of drug-likeness (QED) is 0.521. The number of morpholine rings is 1. The zero-order chi connectivity index (χ0) is 22.3. The molecule has 1 aliphatic carbocycles. The minimum atomic E-state index is -0.327. The summed E-state index contributed by atoms with van der Waals surface area (Å²) in [6, 6.07) is 8.38. The molecule has 1 aromatic carbocycles. The van der Waals surface area contributed by atoms with Gasteiger partial charge in [0.2, 0.25) is 5.91 Å². The number of carbonyl (C=O) groups excluding carboxylic acids is 3. The van der Waals surface area contributed by atoms with E-state index in [9.17, 15) is 14.4 Å². The van der Waals surface area contributed by atoms with E-state index in [0.29, 0.717) is 30.3 Å². The minimum Gasteiger partial charge on any atom is -0.378 e. The normalized spacial score (nSPS) is 15.7. The highest BCUT2D eigenvalue weighted by atomic mass is 16.5. The second-order valence-electron chi connectivity index (χ2n) is 7.71. The average molecular weight is 438 g/mol. The van der Waals surface area contributed by atoms with Crippen molar-refractivity contribution in [3.8, 4) is 0 Å². The first-order chi connectivity index (χ1) is 15.6. The molecule has 2 heterocycles. The third-order valence-corrected chi connectivity index (χ3v) is 5.28. The fourth-order valence-corrected chi connectivity index (χ4v) is 3.28. The fourth-order valence-electron chi connectivity index (χ4n) is 3.28. The van der Waals surface area contributed by atoms with E-state index in [1.807, 2.05) is 4.90 Å². The highest BCUT2D eigenvalue weighted by Crippen LogP contribution is 2.30. The summed E-state index contributed by atoms with van der Waals surface area (Å²) in [6.45, 7) is 3.23. The van der Waals surface area contributed by atoms with Crippen molar-refractivity contribution in [2.75, 3.05) is 49.6 Å². The van der Waals surface area contributed by atoms with Crippen LogP contribution in [0.3, 0.4) is 0 Å². The largest absolute Gasteiger partial charge is 0.378 e. The van der Waals surface area contributed by atoms with E-state index in [1.165, 1.54) is 6.33 Å². The number of rotatable bonds is 8. The van der Waals surface area contributed by atoms with Gasteiger partial charge in [-0.25, -0.2) is 9.97 Å². The zero-order valence-electron chi connectivity index (χ0n) is 17.7. The molecule has 0 atom stereocenters. The Bertz CT molecular complexity index is 971. The van der Waals surface area contributed by atoms with Crippen LogP contribution < -0.4 is 20.9 Å². The van der Waals surface area contributed by atoms with E-state index in [1.54, 1.807) is 30.3 Å². The smallest absolute Gasteiger partial charge is 0.270 e. The summed E-state index contributed by atoms with van der Waals surface area (Å²) < 4.78 is 5.33. The molecule has 168 valence electrons. The molecule has 0 bridgehead atoms. The summed E-state index contributed by atoms with van der Waals surface area (Å²) in [5.74, 6) is 0.265. The summed E-state index contributed by atoms with van der Waals surface area (Å²) in [4.78, 5) is 46.8.